The molecule has 0 bridgehead atoms. The topological polar surface area (TPSA) is 62.3 Å². The third-order valence-electron chi connectivity index (χ3n) is 3.04. The Morgan fingerprint density at radius 1 is 1.26 bits per heavy atom. The number of rotatable bonds is 4. The maximum absolute atomic E-state index is 6.00. The van der Waals surface area contributed by atoms with Crippen LogP contribution in [0.3, 0.4) is 0 Å². The smallest absolute Gasteiger partial charge is 0.161 e. The highest BCUT2D eigenvalue weighted by molar-refractivity contribution is 14.1. The van der Waals surface area contributed by atoms with Crippen LogP contribution in [0.1, 0.15) is 18.5 Å². The molecule has 1 heterocycles. The average molecular weight is 373 g/mol. The summed E-state index contributed by atoms with van der Waals surface area (Å²) in [6, 6.07) is 5.84. The van der Waals surface area contributed by atoms with Crippen molar-refractivity contribution in [3.05, 3.63) is 33.5 Å². The molecule has 19 heavy (non-hydrogen) atoms. The van der Waals surface area contributed by atoms with Crippen molar-refractivity contribution in [1.29, 1.82) is 0 Å². The molecule has 0 radical (unpaired) electrons. The molecule has 1 aromatic heterocycles. The summed E-state index contributed by atoms with van der Waals surface area (Å²) in [5.41, 5.74) is 7.06. The van der Waals surface area contributed by atoms with Crippen LogP contribution in [0.5, 0.6) is 11.5 Å². The Kier molecular flexibility index (Phi) is 4.18. The van der Waals surface area contributed by atoms with Crippen molar-refractivity contribution in [2.75, 3.05) is 20.0 Å². The second-order valence-electron chi connectivity index (χ2n) is 4.11. The molecule has 0 aliphatic carbocycles. The van der Waals surface area contributed by atoms with E-state index in [1.54, 1.807) is 25.1 Å². The molecule has 0 amide bonds. The number of nitrogens with two attached hydrogens (primary N) is 1. The summed E-state index contributed by atoms with van der Waals surface area (Å²) in [5.74, 6) is 2.08. The predicted molar refractivity (Wildman–Crippen MR) is 82.7 cm³/mol. The normalized spacial score (nSPS) is 12.2. The summed E-state index contributed by atoms with van der Waals surface area (Å²) in [6.45, 7) is 2.04. The Balaban J connectivity index is 2.39. The van der Waals surface area contributed by atoms with Crippen LogP contribution in [0, 0.1) is 3.57 Å². The van der Waals surface area contributed by atoms with E-state index in [4.69, 9.17) is 15.2 Å². The lowest BCUT2D eigenvalue weighted by molar-refractivity contribution is 0.354. The standard InChI is InChI=1S/C13H16IN3O2/c1-8(17-13(15)10(14)7-16-17)9-4-5-11(18-2)12(6-9)19-3/h4-8H,15H2,1-3H3. The van der Waals surface area contributed by atoms with Gasteiger partial charge in [0.1, 0.15) is 5.82 Å². The van der Waals surface area contributed by atoms with Gasteiger partial charge in [-0.05, 0) is 47.2 Å². The number of aromatic nitrogens is 2. The van der Waals surface area contributed by atoms with E-state index in [-0.39, 0.29) is 6.04 Å². The lowest BCUT2D eigenvalue weighted by Gasteiger charge is -2.16. The van der Waals surface area contributed by atoms with E-state index in [1.807, 2.05) is 25.1 Å². The van der Waals surface area contributed by atoms with Gasteiger partial charge in [-0.2, -0.15) is 5.10 Å². The van der Waals surface area contributed by atoms with Crippen LogP contribution in [0.15, 0.2) is 24.4 Å². The fourth-order valence-electron chi connectivity index (χ4n) is 1.91. The van der Waals surface area contributed by atoms with Crippen molar-refractivity contribution >= 4 is 28.4 Å². The molecule has 0 fully saturated rings. The van der Waals surface area contributed by atoms with Crippen LogP contribution >= 0.6 is 22.6 Å². The molecule has 0 saturated carbocycles. The van der Waals surface area contributed by atoms with Crippen molar-refractivity contribution in [2.24, 2.45) is 0 Å². The first kappa shape index (κ1) is 14.0. The Hall–Kier alpha value is -1.44. The zero-order chi connectivity index (χ0) is 14.0. The molecule has 0 aliphatic heterocycles. The predicted octanol–water partition coefficient (Wildman–Crippen LogP) is 2.70. The molecule has 2 aromatic rings. The zero-order valence-electron chi connectivity index (χ0n) is 11.1. The third-order valence-corrected chi connectivity index (χ3v) is 3.88. The van der Waals surface area contributed by atoms with Crippen LogP contribution in [0.25, 0.3) is 0 Å². The SMILES string of the molecule is COc1ccc(C(C)n2ncc(I)c2N)cc1OC. The van der Waals surface area contributed by atoms with Gasteiger partial charge >= 0.3 is 0 Å². The number of hydrogen-bond acceptors (Lipinski definition) is 4. The lowest BCUT2D eigenvalue weighted by Crippen LogP contribution is -2.12. The summed E-state index contributed by atoms with van der Waals surface area (Å²) in [4.78, 5) is 0. The number of methoxy groups -OCH3 is 2. The average Bonchev–Trinajstić information content (AvgIpc) is 2.77. The summed E-state index contributed by atoms with van der Waals surface area (Å²) < 4.78 is 13.3. The van der Waals surface area contributed by atoms with Crippen molar-refractivity contribution in [3.63, 3.8) is 0 Å². The van der Waals surface area contributed by atoms with Crippen LogP contribution in [-0.2, 0) is 0 Å². The van der Waals surface area contributed by atoms with Gasteiger partial charge in [0.2, 0.25) is 0 Å². The fraction of sp³-hybridized carbons (Fsp3) is 0.308. The molecule has 1 aromatic carbocycles. The highest BCUT2D eigenvalue weighted by Crippen LogP contribution is 2.32. The maximum Gasteiger partial charge on any atom is 0.161 e. The van der Waals surface area contributed by atoms with Gasteiger partial charge < -0.3 is 15.2 Å². The van der Waals surface area contributed by atoms with E-state index in [2.05, 4.69) is 27.7 Å². The number of halogens is 1. The summed E-state index contributed by atoms with van der Waals surface area (Å²) in [5, 5.41) is 4.30. The van der Waals surface area contributed by atoms with Gasteiger partial charge in [-0.15, -0.1) is 0 Å². The molecule has 5 nitrogen and oxygen atoms in total. The first-order chi connectivity index (χ1) is 9.08. The molecular weight excluding hydrogens is 357 g/mol. The Morgan fingerprint density at radius 3 is 2.47 bits per heavy atom. The molecule has 1 unspecified atom stereocenters. The number of hydrogen-bond donors (Lipinski definition) is 1. The molecule has 0 spiro atoms. The number of benzene rings is 1. The zero-order valence-corrected chi connectivity index (χ0v) is 13.2. The van der Waals surface area contributed by atoms with E-state index in [0.29, 0.717) is 17.3 Å². The van der Waals surface area contributed by atoms with Gasteiger partial charge in [0.05, 0.1) is 30.0 Å². The van der Waals surface area contributed by atoms with Gasteiger partial charge in [0, 0.05) is 0 Å². The molecule has 6 heteroatoms. The van der Waals surface area contributed by atoms with Crippen molar-refractivity contribution < 1.29 is 9.47 Å². The van der Waals surface area contributed by atoms with E-state index in [1.165, 1.54) is 0 Å². The number of anilines is 1. The molecule has 1 atom stereocenters. The minimum atomic E-state index is 0.0309. The first-order valence-corrected chi connectivity index (χ1v) is 6.86. The van der Waals surface area contributed by atoms with Crippen LogP contribution in [-0.4, -0.2) is 24.0 Å². The molecular formula is C13H16IN3O2. The van der Waals surface area contributed by atoms with Crippen molar-refractivity contribution in [3.8, 4) is 11.5 Å². The van der Waals surface area contributed by atoms with Crippen LogP contribution in [0.4, 0.5) is 5.82 Å². The number of ether oxygens (including phenoxy) is 2. The summed E-state index contributed by atoms with van der Waals surface area (Å²) in [7, 11) is 3.24. The highest BCUT2D eigenvalue weighted by atomic mass is 127. The van der Waals surface area contributed by atoms with E-state index in [9.17, 15) is 0 Å². The number of nitrogen functional groups attached to an aromatic ring is 1. The molecule has 0 saturated heterocycles. The Morgan fingerprint density at radius 2 is 1.95 bits per heavy atom. The largest absolute Gasteiger partial charge is 0.493 e. The van der Waals surface area contributed by atoms with Gasteiger partial charge in [-0.25, -0.2) is 4.68 Å². The van der Waals surface area contributed by atoms with E-state index < -0.39 is 0 Å². The first-order valence-electron chi connectivity index (χ1n) is 5.79. The van der Waals surface area contributed by atoms with Crippen LogP contribution < -0.4 is 15.2 Å². The number of nitrogens with zero attached hydrogens (tertiary/aromatic N) is 2. The van der Waals surface area contributed by atoms with Gasteiger partial charge in [0.25, 0.3) is 0 Å². The summed E-state index contributed by atoms with van der Waals surface area (Å²) in [6.07, 6.45) is 1.76. The minimum absolute atomic E-state index is 0.0309. The third kappa shape index (κ3) is 2.63. The molecule has 102 valence electrons. The minimum Gasteiger partial charge on any atom is -0.493 e. The Labute approximate surface area is 125 Å². The van der Waals surface area contributed by atoms with Gasteiger partial charge in [-0.1, -0.05) is 6.07 Å². The van der Waals surface area contributed by atoms with E-state index >= 15 is 0 Å². The highest BCUT2D eigenvalue weighted by Gasteiger charge is 2.15. The summed E-state index contributed by atoms with van der Waals surface area (Å²) >= 11 is 2.17. The maximum atomic E-state index is 6.00. The molecule has 2 rings (SSSR count). The van der Waals surface area contributed by atoms with Gasteiger partial charge in [-0.3, -0.25) is 0 Å². The molecule has 2 N–H and O–H groups in total. The molecule has 0 aliphatic rings. The quantitative estimate of drug-likeness (QED) is 0.838. The Bertz CT molecular complexity index is 583. The second kappa shape index (κ2) is 5.68. The lowest BCUT2D eigenvalue weighted by atomic mass is 10.1. The fourth-order valence-corrected chi connectivity index (χ4v) is 2.28. The van der Waals surface area contributed by atoms with Crippen LogP contribution in [0.2, 0.25) is 0 Å². The van der Waals surface area contributed by atoms with Crippen molar-refractivity contribution in [1.82, 2.24) is 9.78 Å². The second-order valence-corrected chi connectivity index (χ2v) is 5.27. The van der Waals surface area contributed by atoms with E-state index in [0.717, 1.165) is 9.13 Å². The van der Waals surface area contributed by atoms with Gasteiger partial charge in [0.15, 0.2) is 11.5 Å². The monoisotopic (exact) mass is 373 g/mol. The van der Waals surface area contributed by atoms with Crippen molar-refractivity contribution in [2.45, 2.75) is 13.0 Å².